The van der Waals surface area contributed by atoms with Crippen molar-refractivity contribution in [3.63, 3.8) is 0 Å². The number of carboxylic acid groups (broad SMARTS) is 1. The lowest BCUT2D eigenvalue weighted by molar-refractivity contribution is -0.138. The van der Waals surface area contributed by atoms with Crippen LogP contribution in [-0.4, -0.2) is 22.0 Å². The quantitative estimate of drug-likeness (QED) is 0.860. The maximum Gasteiger partial charge on any atom is 0.310 e. The summed E-state index contributed by atoms with van der Waals surface area (Å²) in [6, 6.07) is 6.87. The van der Waals surface area contributed by atoms with E-state index < -0.39 is 11.9 Å². The number of aliphatic carboxylic acids is 1. The second kappa shape index (κ2) is 6.99. The highest BCUT2D eigenvalue weighted by atomic mass is 32.1. The molecule has 0 radical (unpaired) electrons. The lowest BCUT2D eigenvalue weighted by atomic mass is 10.0. The molecule has 0 fully saturated rings. The highest BCUT2D eigenvalue weighted by molar-refractivity contribution is 7.07. The zero-order valence-corrected chi connectivity index (χ0v) is 12.4. The van der Waals surface area contributed by atoms with Crippen molar-refractivity contribution in [2.75, 3.05) is 5.32 Å². The Hall–Kier alpha value is -2.21. The van der Waals surface area contributed by atoms with E-state index in [0.717, 1.165) is 5.69 Å². The number of carboxylic acids is 1. The van der Waals surface area contributed by atoms with Gasteiger partial charge >= 0.3 is 5.97 Å². The number of benzene rings is 1. The van der Waals surface area contributed by atoms with Crippen molar-refractivity contribution in [2.45, 2.75) is 25.7 Å². The first kappa shape index (κ1) is 15.2. The van der Waals surface area contributed by atoms with Gasteiger partial charge in [0.1, 0.15) is 0 Å². The summed E-state index contributed by atoms with van der Waals surface area (Å²) < 4.78 is 0. The summed E-state index contributed by atoms with van der Waals surface area (Å²) in [6.45, 7) is 1.63. The first-order valence-corrected chi connectivity index (χ1v) is 7.50. The molecule has 1 heterocycles. The minimum absolute atomic E-state index is 0.0815. The number of nitrogens with zero attached hydrogens (tertiary/aromatic N) is 1. The molecule has 0 spiro atoms. The van der Waals surface area contributed by atoms with Gasteiger partial charge in [0, 0.05) is 17.5 Å². The standard InChI is InChI=1S/C15H16N2O3S/c1-10(15(19)20)11-2-4-12(5-3-11)17-14(18)7-6-13-8-21-9-16-13/h2-5,8-10H,6-7H2,1H3,(H,17,18)(H,19,20). The highest BCUT2D eigenvalue weighted by Crippen LogP contribution is 2.18. The van der Waals surface area contributed by atoms with Gasteiger partial charge in [-0.2, -0.15) is 0 Å². The molecule has 2 N–H and O–H groups in total. The normalized spacial score (nSPS) is 11.9. The third-order valence-corrected chi connectivity index (χ3v) is 3.79. The van der Waals surface area contributed by atoms with Gasteiger partial charge in [0.2, 0.25) is 5.91 Å². The lowest BCUT2D eigenvalue weighted by Crippen LogP contribution is -2.13. The lowest BCUT2D eigenvalue weighted by Gasteiger charge is -2.09. The van der Waals surface area contributed by atoms with E-state index in [4.69, 9.17) is 5.11 Å². The Kier molecular flexibility index (Phi) is 5.05. The van der Waals surface area contributed by atoms with Crippen LogP contribution in [0.3, 0.4) is 0 Å². The number of hydrogen-bond acceptors (Lipinski definition) is 4. The van der Waals surface area contributed by atoms with Crippen LogP contribution in [0.2, 0.25) is 0 Å². The molecule has 1 atom stereocenters. The molecule has 21 heavy (non-hydrogen) atoms. The molecule has 2 rings (SSSR count). The van der Waals surface area contributed by atoms with E-state index in [1.807, 2.05) is 5.38 Å². The molecular weight excluding hydrogens is 288 g/mol. The molecular formula is C15H16N2O3S. The monoisotopic (exact) mass is 304 g/mol. The Labute approximate surface area is 126 Å². The van der Waals surface area contributed by atoms with Crippen LogP contribution in [0.15, 0.2) is 35.2 Å². The smallest absolute Gasteiger partial charge is 0.310 e. The van der Waals surface area contributed by atoms with E-state index >= 15 is 0 Å². The number of thiazole rings is 1. The molecule has 5 nitrogen and oxygen atoms in total. The number of aromatic nitrogens is 1. The predicted octanol–water partition coefficient (Wildman–Crippen LogP) is 2.90. The van der Waals surface area contributed by atoms with Gasteiger partial charge < -0.3 is 10.4 Å². The maximum absolute atomic E-state index is 11.8. The van der Waals surface area contributed by atoms with Gasteiger partial charge in [-0.05, 0) is 31.0 Å². The molecule has 1 amide bonds. The molecule has 6 heteroatoms. The molecule has 0 bridgehead atoms. The number of carbonyl (C=O) groups is 2. The fourth-order valence-corrected chi connectivity index (χ4v) is 2.42. The minimum atomic E-state index is -0.866. The fourth-order valence-electron chi connectivity index (χ4n) is 1.82. The van der Waals surface area contributed by atoms with Crippen LogP contribution >= 0.6 is 11.3 Å². The first-order valence-electron chi connectivity index (χ1n) is 6.56. The summed E-state index contributed by atoms with van der Waals surface area (Å²) >= 11 is 1.51. The van der Waals surface area contributed by atoms with Gasteiger partial charge in [-0.3, -0.25) is 9.59 Å². The highest BCUT2D eigenvalue weighted by Gasteiger charge is 2.13. The molecule has 0 saturated carbocycles. The van der Waals surface area contributed by atoms with Crippen LogP contribution in [-0.2, 0) is 16.0 Å². The zero-order chi connectivity index (χ0) is 15.2. The molecule has 2 aromatic rings. The van der Waals surface area contributed by atoms with E-state index in [2.05, 4.69) is 10.3 Å². The molecule has 0 aliphatic carbocycles. The van der Waals surface area contributed by atoms with Gasteiger partial charge in [-0.1, -0.05) is 12.1 Å². The summed E-state index contributed by atoms with van der Waals surface area (Å²) in [5, 5.41) is 13.7. The number of amides is 1. The Bertz CT molecular complexity index is 608. The molecule has 1 aromatic carbocycles. The number of nitrogens with one attached hydrogen (secondary N) is 1. The van der Waals surface area contributed by atoms with Crippen LogP contribution in [0.5, 0.6) is 0 Å². The Morgan fingerprint density at radius 2 is 2.05 bits per heavy atom. The number of rotatable bonds is 6. The average Bonchev–Trinajstić information content (AvgIpc) is 2.98. The van der Waals surface area contributed by atoms with Gasteiger partial charge in [-0.25, -0.2) is 4.98 Å². The molecule has 1 unspecified atom stereocenters. The molecule has 0 aliphatic heterocycles. The third-order valence-electron chi connectivity index (χ3n) is 3.16. The topological polar surface area (TPSA) is 79.3 Å². The van der Waals surface area contributed by atoms with E-state index in [1.54, 1.807) is 36.7 Å². The summed E-state index contributed by atoms with van der Waals surface area (Å²) in [4.78, 5) is 26.8. The predicted molar refractivity (Wildman–Crippen MR) is 81.6 cm³/mol. The minimum Gasteiger partial charge on any atom is -0.481 e. The summed E-state index contributed by atoms with van der Waals surface area (Å²) in [5.41, 5.74) is 4.04. The molecule has 110 valence electrons. The summed E-state index contributed by atoms with van der Waals surface area (Å²) in [6.07, 6.45) is 0.987. The van der Waals surface area contributed by atoms with E-state index in [-0.39, 0.29) is 5.91 Å². The van der Waals surface area contributed by atoms with Crippen LogP contribution in [0.25, 0.3) is 0 Å². The second-order valence-corrected chi connectivity index (χ2v) is 5.43. The van der Waals surface area contributed by atoms with Crippen LogP contribution < -0.4 is 5.32 Å². The van der Waals surface area contributed by atoms with E-state index in [0.29, 0.717) is 24.1 Å². The van der Waals surface area contributed by atoms with Crippen molar-refractivity contribution in [3.05, 3.63) is 46.4 Å². The van der Waals surface area contributed by atoms with Gasteiger partial charge in [0.05, 0.1) is 17.1 Å². The van der Waals surface area contributed by atoms with Crippen LogP contribution in [0, 0.1) is 0 Å². The number of hydrogen-bond donors (Lipinski definition) is 2. The van der Waals surface area contributed by atoms with Crippen molar-refractivity contribution < 1.29 is 14.7 Å². The third kappa shape index (κ3) is 4.39. The SMILES string of the molecule is CC(C(=O)O)c1ccc(NC(=O)CCc2cscn2)cc1. The largest absolute Gasteiger partial charge is 0.481 e. The molecule has 1 aromatic heterocycles. The van der Waals surface area contributed by atoms with Crippen LogP contribution in [0.1, 0.15) is 30.5 Å². The second-order valence-electron chi connectivity index (χ2n) is 4.71. The van der Waals surface area contributed by atoms with Crippen molar-refractivity contribution in [2.24, 2.45) is 0 Å². The van der Waals surface area contributed by atoms with Crippen molar-refractivity contribution in [1.29, 1.82) is 0 Å². The summed E-state index contributed by atoms with van der Waals surface area (Å²) in [5.74, 6) is -1.50. The summed E-state index contributed by atoms with van der Waals surface area (Å²) in [7, 11) is 0. The fraction of sp³-hybridized carbons (Fsp3) is 0.267. The van der Waals surface area contributed by atoms with E-state index in [9.17, 15) is 9.59 Å². The van der Waals surface area contributed by atoms with Crippen LogP contribution in [0.4, 0.5) is 5.69 Å². The Balaban J connectivity index is 1.88. The van der Waals surface area contributed by atoms with Gasteiger partial charge in [0.25, 0.3) is 0 Å². The maximum atomic E-state index is 11.8. The van der Waals surface area contributed by atoms with E-state index in [1.165, 1.54) is 11.3 Å². The van der Waals surface area contributed by atoms with Gasteiger partial charge in [0.15, 0.2) is 0 Å². The van der Waals surface area contributed by atoms with Crippen molar-refractivity contribution >= 4 is 28.9 Å². The number of anilines is 1. The molecule has 0 aliphatic rings. The number of aryl methyl sites for hydroxylation is 1. The van der Waals surface area contributed by atoms with Crippen molar-refractivity contribution in [1.82, 2.24) is 4.98 Å². The Morgan fingerprint density at radius 1 is 1.33 bits per heavy atom. The average molecular weight is 304 g/mol. The zero-order valence-electron chi connectivity index (χ0n) is 11.6. The van der Waals surface area contributed by atoms with Gasteiger partial charge in [-0.15, -0.1) is 11.3 Å². The molecule has 0 saturated heterocycles. The first-order chi connectivity index (χ1) is 10.1. The van der Waals surface area contributed by atoms with Crippen molar-refractivity contribution in [3.8, 4) is 0 Å². The number of carbonyl (C=O) groups excluding carboxylic acids is 1. The Morgan fingerprint density at radius 3 is 2.62 bits per heavy atom.